The molecule has 8 nitrogen and oxygen atoms in total. The first-order chi connectivity index (χ1) is 16.1. The molecule has 6 rings (SSSR count). The fourth-order valence-electron chi connectivity index (χ4n) is 5.08. The van der Waals surface area contributed by atoms with Crippen LogP contribution >= 0.6 is 11.6 Å². The summed E-state index contributed by atoms with van der Waals surface area (Å²) in [5.41, 5.74) is 0.0341. The number of benzene rings is 1. The largest absolute Gasteiger partial charge is 0.488 e. The Morgan fingerprint density at radius 3 is 2.82 bits per heavy atom. The Bertz CT molecular complexity index is 1070. The number of aliphatic hydroxyl groups excluding tert-OH is 1. The first-order valence-electron chi connectivity index (χ1n) is 10.9. The van der Waals surface area contributed by atoms with Crippen molar-refractivity contribution in [3.63, 3.8) is 0 Å². The topological polar surface area (TPSA) is 94.8 Å². The van der Waals surface area contributed by atoms with Crippen molar-refractivity contribution >= 4 is 17.5 Å². The molecule has 0 radical (unpaired) electrons. The summed E-state index contributed by atoms with van der Waals surface area (Å²) in [4.78, 5) is 12.8. The standard InChI is InChI=1S/C22H23ClF3N3O5/c23-13-1-2-17-15(5-13)16(30)6-18(34-17)19(31)28-20-9-21(10-20,11-20)29-8-14(7-27-29)33-4-3-32-12-22(24,25)26/h1-2,5,7-8,16,18,30H,3-4,6,9-12H2,(H,28,31)/t16-,18-,20?,21?/m1/s1. The number of amides is 1. The Balaban J connectivity index is 1.10. The zero-order valence-electron chi connectivity index (χ0n) is 18.0. The molecular formula is C22H23ClF3N3O5. The third-order valence-corrected chi connectivity index (χ3v) is 6.76. The zero-order chi connectivity index (χ0) is 24.1. The zero-order valence-corrected chi connectivity index (χ0v) is 18.7. The van der Waals surface area contributed by atoms with Crippen molar-refractivity contribution in [3.8, 4) is 11.5 Å². The van der Waals surface area contributed by atoms with Gasteiger partial charge in [0, 0.05) is 22.5 Å². The van der Waals surface area contributed by atoms with Crippen LogP contribution in [0.1, 0.15) is 37.4 Å². The van der Waals surface area contributed by atoms with Crippen LogP contribution in [0.5, 0.6) is 11.5 Å². The van der Waals surface area contributed by atoms with E-state index in [1.165, 1.54) is 6.20 Å². The molecule has 1 aromatic heterocycles. The van der Waals surface area contributed by atoms with E-state index in [0.717, 1.165) is 0 Å². The van der Waals surface area contributed by atoms with E-state index >= 15 is 0 Å². The molecule has 184 valence electrons. The van der Waals surface area contributed by atoms with Crippen LogP contribution < -0.4 is 14.8 Å². The lowest BCUT2D eigenvalue weighted by Gasteiger charge is -2.70. The lowest BCUT2D eigenvalue weighted by atomic mass is 9.44. The maximum absolute atomic E-state index is 12.8. The van der Waals surface area contributed by atoms with Crippen molar-refractivity contribution < 1.29 is 37.3 Å². The van der Waals surface area contributed by atoms with Gasteiger partial charge in [-0.15, -0.1) is 0 Å². The Morgan fingerprint density at radius 1 is 1.32 bits per heavy atom. The molecule has 2 bridgehead atoms. The quantitative estimate of drug-likeness (QED) is 0.540. The number of carbonyl (C=O) groups excluding carboxylic acids is 1. The Kier molecular flexibility index (Phi) is 5.69. The number of carbonyl (C=O) groups is 1. The summed E-state index contributed by atoms with van der Waals surface area (Å²) in [7, 11) is 0. The van der Waals surface area contributed by atoms with Crippen LogP contribution in [0, 0.1) is 0 Å². The third kappa shape index (κ3) is 4.44. The summed E-state index contributed by atoms with van der Waals surface area (Å²) >= 11 is 5.97. The van der Waals surface area contributed by atoms with E-state index in [4.69, 9.17) is 21.1 Å². The van der Waals surface area contributed by atoms with E-state index in [-0.39, 0.29) is 36.6 Å². The average Bonchev–Trinajstić information content (AvgIpc) is 3.17. The van der Waals surface area contributed by atoms with E-state index in [2.05, 4.69) is 15.2 Å². The fourth-order valence-corrected chi connectivity index (χ4v) is 5.26. The number of aliphatic hydroxyl groups is 1. The van der Waals surface area contributed by atoms with Gasteiger partial charge in [-0.25, -0.2) is 0 Å². The number of alkyl halides is 3. The lowest BCUT2D eigenvalue weighted by Crippen LogP contribution is -2.79. The summed E-state index contributed by atoms with van der Waals surface area (Å²) in [6.45, 7) is -1.50. The molecule has 12 heteroatoms. The van der Waals surface area contributed by atoms with Crippen LogP contribution in [0.15, 0.2) is 30.6 Å². The van der Waals surface area contributed by atoms with Gasteiger partial charge >= 0.3 is 6.18 Å². The number of rotatable bonds is 8. The average molecular weight is 502 g/mol. The first kappa shape index (κ1) is 23.3. The second-order valence-corrected chi connectivity index (χ2v) is 9.64. The molecule has 2 N–H and O–H groups in total. The van der Waals surface area contributed by atoms with Crippen LogP contribution in [0.25, 0.3) is 0 Å². The highest BCUT2D eigenvalue weighted by atomic mass is 35.5. The molecule has 3 fully saturated rings. The Morgan fingerprint density at radius 2 is 2.09 bits per heavy atom. The van der Waals surface area contributed by atoms with Gasteiger partial charge < -0.3 is 24.6 Å². The van der Waals surface area contributed by atoms with Crippen LogP contribution in [0.2, 0.25) is 5.02 Å². The summed E-state index contributed by atoms with van der Waals surface area (Å²) < 4.78 is 53.7. The first-order valence-corrected chi connectivity index (χ1v) is 11.2. The minimum absolute atomic E-state index is 0.0165. The van der Waals surface area contributed by atoms with Gasteiger partial charge in [0.05, 0.1) is 30.6 Å². The Hall–Kier alpha value is -2.50. The number of nitrogens with zero attached hydrogens (tertiary/aromatic N) is 2. The predicted molar refractivity (Wildman–Crippen MR) is 113 cm³/mol. The molecule has 34 heavy (non-hydrogen) atoms. The van der Waals surface area contributed by atoms with Crippen LogP contribution in [-0.4, -0.2) is 58.4 Å². The highest BCUT2D eigenvalue weighted by Crippen LogP contribution is 2.65. The Labute approximate surface area is 197 Å². The van der Waals surface area contributed by atoms with Gasteiger partial charge in [-0.3, -0.25) is 9.48 Å². The number of fused-ring (bicyclic) bond motifs is 1. The molecule has 1 amide bonds. The maximum atomic E-state index is 12.8. The van der Waals surface area contributed by atoms with Crippen molar-refractivity contribution in [3.05, 3.63) is 41.2 Å². The normalized spacial score (nSPS) is 29.3. The number of aromatic nitrogens is 2. The van der Waals surface area contributed by atoms with Crippen LogP contribution in [-0.2, 0) is 15.1 Å². The monoisotopic (exact) mass is 501 g/mol. The smallest absolute Gasteiger partial charge is 0.411 e. The SMILES string of the molecule is O=C(NC12CC(n3cc(OCCOCC(F)(F)F)cn3)(C1)C2)[C@H]1C[C@@H](O)c2cc(Cl)ccc2O1. The minimum Gasteiger partial charge on any atom is -0.488 e. The molecular weight excluding hydrogens is 479 g/mol. The number of halogens is 4. The maximum Gasteiger partial charge on any atom is 0.411 e. The highest BCUT2D eigenvalue weighted by molar-refractivity contribution is 6.30. The summed E-state index contributed by atoms with van der Waals surface area (Å²) in [6, 6.07) is 4.93. The van der Waals surface area contributed by atoms with Gasteiger partial charge in [0.25, 0.3) is 5.91 Å². The van der Waals surface area contributed by atoms with Gasteiger partial charge in [0.2, 0.25) is 0 Å². The minimum atomic E-state index is -4.36. The van der Waals surface area contributed by atoms with Crippen molar-refractivity contribution in [2.24, 2.45) is 0 Å². The number of hydrogen-bond donors (Lipinski definition) is 2. The van der Waals surface area contributed by atoms with E-state index in [1.54, 1.807) is 29.1 Å². The lowest BCUT2D eigenvalue weighted by molar-refractivity contribution is -0.175. The van der Waals surface area contributed by atoms with Crippen molar-refractivity contribution in [1.82, 2.24) is 15.1 Å². The van der Waals surface area contributed by atoms with Crippen molar-refractivity contribution in [2.45, 2.75) is 55.1 Å². The molecule has 4 aliphatic rings. The van der Waals surface area contributed by atoms with Gasteiger partial charge in [0.1, 0.15) is 19.0 Å². The highest BCUT2D eigenvalue weighted by Gasteiger charge is 2.70. The molecule has 2 heterocycles. The van der Waals surface area contributed by atoms with Crippen LogP contribution in [0.3, 0.4) is 0 Å². The van der Waals surface area contributed by atoms with E-state index in [1.807, 2.05) is 0 Å². The molecule has 2 aromatic rings. The number of nitrogens with one attached hydrogen (secondary N) is 1. The fraction of sp³-hybridized carbons (Fsp3) is 0.545. The molecule has 3 saturated carbocycles. The van der Waals surface area contributed by atoms with Gasteiger partial charge in [-0.05, 0) is 37.5 Å². The third-order valence-electron chi connectivity index (χ3n) is 6.53. The second kappa shape index (κ2) is 8.31. The summed E-state index contributed by atoms with van der Waals surface area (Å²) in [5.74, 6) is 0.628. The number of ether oxygens (including phenoxy) is 3. The molecule has 0 spiro atoms. The van der Waals surface area contributed by atoms with Gasteiger partial charge in [-0.1, -0.05) is 11.6 Å². The molecule has 0 unspecified atom stereocenters. The van der Waals surface area contributed by atoms with Crippen LogP contribution in [0.4, 0.5) is 13.2 Å². The molecule has 3 aliphatic carbocycles. The number of hydrogen-bond acceptors (Lipinski definition) is 6. The van der Waals surface area contributed by atoms with Crippen molar-refractivity contribution in [1.29, 1.82) is 0 Å². The second-order valence-electron chi connectivity index (χ2n) is 9.20. The molecule has 1 aliphatic heterocycles. The van der Waals surface area contributed by atoms with Crippen molar-refractivity contribution in [2.75, 3.05) is 19.8 Å². The predicted octanol–water partition coefficient (Wildman–Crippen LogP) is 3.13. The molecule has 1 aromatic carbocycles. The van der Waals surface area contributed by atoms with E-state index in [0.29, 0.717) is 41.3 Å². The van der Waals surface area contributed by atoms with E-state index < -0.39 is 25.0 Å². The van der Waals surface area contributed by atoms with Gasteiger partial charge in [0.15, 0.2) is 11.9 Å². The molecule has 2 atom stereocenters. The summed E-state index contributed by atoms with van der Waals surface area (Å²) in [6.07, 6.45) is -0.533. The van der Waals surface area contributed by atoms with Gasteiger partial charge in [-0.2, -0.15) is 18.3 Å². The van der Waals surface area contributed by atoms with E-state index in [9.17, 15) is 23.1 Å². The molecule has 0 saturated heterocycles. The summed E-state index contributed by atoms with van der Waals surface area (Å²) in [5, 5.41) is 18.3.